The van der Waals surface area contributed by atoms with E-state index in [-0.39, 0.29) is 11.4 Å². The number of nitrogens with one attached hydrogen (secondary N) is 2. The molecule has 0 radical (unpaired) electrons. The van der Waals surface area contributed by atoms with Gasteiger partial charge in [0.25, 0.3) is 11.6 Å². The van der Waals surface area contributed by atoms with Gasteiger partial charge in [0, 0.05) is 44.7 Å². The summed E-state index contributed by atoms with van der Waals surface area (Å²) in [5.74, 6) is -1.05. The molecule has 3 aromatic carbocycles. The maximum absolute atomic E-state index is 13.0. The molecule has 1 aliphatic heterocycles. The minimum Gasteiger partial charge on any atom is -0.325 e. The van der Waals surface area contributed by atoms with Gasteiger partial charge >= 0.3 is 6.03 Å². The van der Waals surface area contributed by atoms with E-state index >= 15 is 0 Å². The van der Waals surface area contributed by atoms with Crippen molar-refractivity contribution in [3.05, 3.63) is 117 Å². The highest BCUT2D eigenvalue weighted by molar-refractivity contribution is 7.99. The van der Waals surface area contributed by atoms with Crippen LogP contribution in [0.15, 0.2) is 94.4 Å². The first kappa shape index (κ1) is 28.4. The average molecular weight is 582 g/mol. The molecule has 1 aromatic heterocycles. The molecule has 0 saturated carbocycles. The van der Waals surface area contributed by atoms with Gasteiger partial charge in [-0.3, -0.25) is 19.7 Å². The highest BCUT2D eigenvalue weighted by Gasteiger charge is 2.35. The number of aromatic nitrogens is 1. The van der Waals surface area contributed by atoms with E-state index in [1.807, 2.05) is 67.8 Å². The second-order valence-corrected chi connectivity index (χ2v) is 11.0. The normalized spacial score (nSPS) is 13.9. The topological polar surface area (TPSA) is 127 Å². The lowest BCUT2D eigenvalue weighted by molar-refractivity contribution is -0.384. The van der Waals surface area contributed by atoms with Crippen LogP contribution < -0.4 is 10.6 Å². The van der Waals surface area contributed by atoms with Crippen molar-refractivity contribution in [1.82, 2.24) is 14.8 Å². The van der Waals surface area contributed by atoms with E-state index in [0.29, 0.717) is 5.69 Å². The van der Waals surface area contributed by atoms with Crippen molar-refractivity contribution >= 4 is 47.1 Å². The number of hydrogen-bond donors (Lipinski definition) is 2. The lowest BCUT2D eigenvalue weighted by Gasteiger charge is -2.12. The van der Waals surface area contributed by atoms with E-state index in [1.54, 1.807) is 30.3 Å². The van der Waals surface area contributed by atoms with E-state index < -0.39 is 29.3 Å². The highest BCUT2D eigenvalue weighted by Crippen LogP contribution is 2.31. The Kier molecular flexibility index (Phi) is 7.94. The summed E-state index contributed by atoms with van der Waals surface area (Å²) in [6, 6.07) is 22.8. The van der Waals surface area contributed by atoms with Crippen molar-refractivity contribution in [2.75, 3.05) is 11.9 Å². The van der Waals surface area contributed by atoms with E-state index in [2.05, 4.69) is 10.6 Å². The number of nitro benzene ring substituents is 1. The largest absolute Gasteiger partial charge is 0.329 e. The summed E-state index contributed by atoms with van der Waals surface area (Å²) in [6.45, 7) is 5.37. The van der Waals surface area contributed by atoms with Gasteiger partial charge in [-0.05, 0) is 92.6 Å². The molecule has 0 spiro atoms. The molecule has 1 aliphatic rings. The van der Waals surface area contributed by atoms with E-state index in [9.17, 15) is 24.5 Å². The number of rotatable bonds is 8. The predicted molar refractivity (Wildman–Crippen MR) is 160 cm³/mol. The lowest BCUT2D eigenvalue weighted by atomic mass is 10.2. The van der Waals surface area contributed by atoms with Gasteiger partial charge in [-0.1, -0.05) is 23.9 Å². The zero-order valence-electron chi connectivity index (χ0n) is 23.1. The quantitative estimate of drug-likeness (QED) is 0.114. The van der Waals surface area contributed by atoms with Gasteiger partial charge < -0.3 is 15.2 Å². The van der Waals surface area contributed by atoms with Gasteiger partial charge in [0.05, 0.1) is 4.92 Å². The van der Waals surface area contributed by atoms with E-state index in [4.69, 9.17) is 0 Å². The fraction of sp³-hybridized carbons (Fsp3) is 0.129. The van der Waals surface area contributed by atoms with Crippen molar-refractivity contribution in [2.45, 2.75) is 30.6 Å². The van der Waals surface area contributed by atoms with Gasteiger partial charge in [0.15, 0.2) is 0 Å². The van der Waals surface area contributed by atoms with Crippen LogP contribution >= 0.6 is 11.8 Å². The maximum Gasteiger partial charge on any atom is 0.329 e. The minimum absolute atomic E-state index is 0.0502. The molecule has 4 aromatic rings. The number of nitro groups is 1. The van der Waals surface area contributed by atoms with Crippen molar-refractivity contribution < 1.29 is 19.3 Å². The van der Waals surface area contributed by atoms with Crippen LogP contribution in [0, 0.1) is 30.9 Å². The zero-order valence-corrected chi connectivity index (χ0v) is 23.9. The molecule has 0 aliphatic carbocycles. The Morgan fingerprint density at radius 3 is 2.29 bits per heavy atom. The molecule has 1 fully saturated rings. The molecule has 4 amide bonds. The zero-order chi connectivity index (χ0) is 30.0. The molecular formula is C31H27N5O5S. The Morgan fingerprint density at radius 1 is 0.976 bits per heavy atom. The van der Waals surface area contributed by atoms with Crippen LogP contribution in [0.5, 0.6) is 0 Å². The second kappa shape index (κ2) is 11.8. The summed E-state index contributed by atoms with van der Waals surface area (Å²) in [7, 11) is 0. The number of hydrogen-bond acceptors (Lipinski definition) is 6. The number of anilines is 1. The third-order valence-electron chi connectivity index (χ3n) is 6.71. The Bertz CT molecular complexity index is 1740. The summed E-state index contributed by atoms with van der Waals surface area (Å²) in [5, 5.41) is 16.2. The molecular weight excluding hydrogens is 554 g/mol. The first-order chi connectivity index (χ1) is 20.1. The third kappa shape index (κ3) is 6.11. The Hall–Kier alpha value is -5.16. The Morgan fingerprint density at radius 2 is 1.64 bits per heavy atom. The summed E-state index contributed by atoms with van der Waals surface area (Å²) in [4.78, 5) is 51.3. The monoisotopic (exact) mass is 581 g/mol. The number of carbonyl (C=O) groups excluding carboxylic acids is 3. The Balaban J connectivity index is 1.29. The molecule has 2 heterocycles. The molecule has 42 heavy (non-hydrogen) atoms. The molecule has 5 rings (SSSR count). The van der Waals surface area contributed by atoms with Crippen LogP contribution in [0.25, 0.3) is 11.8 Å². The fourth-order valence-electron chi connectivity index (χ4n) is 4.70. The molecule has 1 saturated heterocycles. The van der Waals surface area contributed by atoms with Crippen LogP contribution in [-0.4, -0.2) is 38.8 Å². The number of nitrogens with zero attached hydrogens (tertiary/aromatic N) is 3. The molecule has 11 heteroatoms. The number of imide groups is 1. The first-order valence-corrected chi connectivity index (χ1v) is 13.8. The molecule has 2 N–H and O–H groups in total. The van der Waals surface area contributed by atoms with E-state index in [1.165, 1.54) is 23.9 Å². The van der Waals surface area contributed by atoms with Gasteiger partial charge in [-0.25, -0.2) is 9.69 Å². The number of carbonyl (C=O) groups is 3. The van der Waals surface area contributed by atoms with E-state index in [0.717, 1.165) is 42.9 Å². The summed E-state index contributed by atoms with van der Waals surface area (Å²) < 4.78 is 2.04. The van der Waals surface area contributed by atoms with Crippen molar-refractivity contribution in [2.24, 2.45) is 0 Å². The molecule has 0 unspecified atom stereocenters. The minimum atomic E-state index is -0.652. The highest BCUT2D eigenvalue weighted by atomic mass is 32.2. The summed E-state index contributed by atoms with van der Waals surface area (Å²) in [6.07, 6.45) is 1.62. The number of amides is 4. The van der Waals surface area contributed by atoms with Crippen molar-refractivity contribution in [3.8, 4) is 5.69 Å². The predicted octanol–water partition coefficient (Wildman–Crippen LogP) is 5.99. The standard InChI is InChI=1S/C31H27N5O5S/c1-19-5-4-6-23(15-19)32-29(37)18-34-30(38)28(33-31(34)39)17-22-16-20(2)35(21(22)3)24-7-11-26(12-8-24)42-27-13-9-25(10-14-27)36(40)41/h4-17H,18H2,1-3H3,(H,32,37)(H,33,39)/b28-17+. The SMILES string of the molecule is Cc1cccc(NC(=O)CN2C(=O)N/C(=C/c3cc(C)n(-c4ccc(Sc5ccc([N+](=O)[O-])cc5)cc4)c3C)C2=O)c1. The lowest BCUT2D eigenvalue weighted by Crippen LogP contribution is -2.38. The van der Waals surface area contributed by atoms with Gasteiger partial charge in [0.2, 0.25) is 5.91 Å². The molecule has 0 atom stereocenters. The van der Waals surface area contributed by atoms with Crippen molar-refractivity contribution in [3.63, 3.8) is 0 Å². The fourth-order valence-corrected chi connectivity index (χ4v) is 5.52. The molecule has 0 bridgehead atoms. The first-order valence-electron chi connectivity index (χ1n) is 13.0. The van der Waals surface area contributed by atoms with Crippen LogP contribution in [0.3, 0.4) is 0 Å². The van der Waals surface area contributed by atoms with Gasteiger partial charge in [0.1, 0.15) is 12.2 Å². The van der Waals surface area contributed by atoms with Gasteiger partial charge in [-0.2, -0.15) is 0 Å². The molecule has 10 nitrogen and oxygen atoms in total. The average Bonchev–Trinajstić information content (AvgIpc) is 3.37. The third-order valence-corrected chi connectivity index (χ3v) is 7.73. The Labute approximate surface area is 246 Å². The maximum atomic E-state index is 13.0. The second-order valence-electron chi connectivity index (χ2n) is 9.81. The number of aryl methyl sites for hydroxylation is 2. The van der Waals surface area contributed by atoms with Crippen LogP contribution in [0.2, 0.25) is 0 Å². The van der Waals surface area contributed by atoms with Crippen LogP contribution in [0.1, 0.15) is 22.5 Å². The number of non-ortho nitro benzene ring substituents is 1. The number of benzene rings is 3. The van der Waals surface area contributed by atoms with Gasteiger partial charge in [-0.15, -0.1) is 0 Å². The van der Waals surface area contributed by atoms with Crippen LogP contribution in [-0.2, 0) is 9.59 Å². The van der Waals surface area contributed by atoms with Crippen molar-refractivity contribution in [1.29, 1.82) is 0 Å². The van der Waals surface area contributed by atoms with Crippen LogP contribution in [0.4, 0.5) is 16.2 Å². The summed E-state index contributed by atoms with van der Waals surface area (Å²) >= 11 is 1.50. The summed E-state index contributed by atoms with van der Waals surface area (Å²) in [5.41, 5.74) is 5.18. The molecule has 212 valence electrons. The smallest absolute Gasteiger partial charge is 0.325 e. The number of urea groups is 1.